The van der Waals surface area contributed by atoms with Crippen LogP contribution in [0.3, 0.4) is 0 Å². The highest BCUT2D eigenvalue weighted by molar-refractivity contribution is 8.18. The predicted octanol–water partition coefficient (Wildman–Crippen LogP) is 24.4. The number of carbonyl (C=O) groups excluding carboxylic acids is 7. The number of aromatic nitrogens is 15. The maximum Gasteiger partial charge on any atom is 0.425 e. The van der Waals surface area contributed by atoms with Gasteiger partial charge in [0.25, 0.3) is 29.0 Å². The highest BCUT2D eigenvalue weighted by Crippen LogP contribution is 2.56. The molecule has 2 atom stereocenters. The van der Waals surface area contributed by atoms with E-state index in [1.54, 1.807) is 125 Å². The van der Waals surface area contributed by atoms with Gasteiger partial charge in [0.1, 0.15) is 92.5 Å². The molecule has 136 heavy (non-hydrogen) atoms. The molecular weight excluding hydrogens is 1850 g/mol. The SMILES string of the molecule is C.CC(C)(C)OC(=O)N(C(=O)OC(C)(C)C)c1ncnc2c1c(Oc1cc(C(F)(F)F)ccn1)nn2C1=C(F)CCCC1.CC(C)(C)OC(=O)N(C(=O)OC(C)(C)C)c1ncnc2c1c(Oc1cc(C(F)(F)F)ccn1)nn2C1CCCC=C1F.CC(C)(C)OC(=O)N(C(=O)OC(C)(C)C)c1ncnc2c1c(Oc1cc(C(F)(F)F)ccn1)nn2C1CCCCC1=O.CCN(CC)S(F)(F)F. The average Bonchev–Trinajstić information content (AvgIpc) is 1.60. The third-order valence-electron chi connectivity index (χ3n) is 18.2. The molecule has 50 heteroatoms. The third-order valence-corrected chi connectivity index (χ3v) is 19.3. The molecule has 9 aromatic rings. The number of hydrogen-bond donors (Lipinski definition) is 0. The van der Waals surface area contributed by atoms with Crippen molar-refractivity contribution in [2.45, 2.75) is 281 Å². The molecule has 35 nitrogen and oxygen atoms in total. The summed E-state index contributed by atoms with van der Waals surface area (Å²) < 4.78 is 240. The number of ketones is 1. The van der Waals surface area contributed by atoms with Crippen LogP contribution in [0.1, 0.15) is 245 Å². The topological polar surface area (TPSA) is 385 Å². The molecule has 9 aromatic heterocycles. The van der Waals surface area contributed by atoms with Crippen LogP contribution >= 0.6 is 11.4 Å². The van der Waals surface area contributed by atoms with E-state index >= 15 is 4.39 Å². The lowest BCUT2D eigenvalue weighted by Crippen LogP contribution is -2.44. The van der Waals surface area contributed by atoms with Gasteiger partial charge >= 0.3 is 55.1 Å². The molecule has 0 radical (unpaired) electrons. The smallest absolute Gasteiger partial charge is 0.425 e. The van der Waals surface area contributed by atoms with Crippen LogP contribution in [-0.2, 0) is 51.7 Å². The zero-order chi connectivity index (χ0) is 101. The van der Waals surface area contributed by atoms with Crippen molar-refractivity contribution in [3.05, 3.63) is 108 Å². The number of carbonyl (C=O) groups is 7. The minimum Gasteiger partial charge on any atom is -0.443 e. The van der Waals surface area contributed by atoms with Gasteiger partial charge in [-0.3, -0.25) is 4.79 Å². The molecule has 1 fully saturated rings. The summed E-state index contributed by atoms with van der Waals surface area (Å²) in [7, 11) is 0. The fourth-order valence-electron chi connectivity index (χ4n) is 12.8. The molecule has 0 aliphatic heterocycles. The Morgan fingerprint density at radius 1 is 0.412 bits per heavy atom. The lowest BCUT2D eigenvalue weighted by Gasteiger charge is -2.28. The lowest BCUT2D eigenvalue weighted by molar-refractivity contribution is -0.138. The average molecular weight is 1960 g/mol. The molecule has 3 aliphatic carbocycles. The summed E-state index contributed by atoms with van der Waals surface area (Å²) in [4.78, 5) is 131. The summed E-state index contributed by atoms with van der Waals surface area (Å²) in [6.45, 7) is 31.7. The number of fused-ring (bicyclic) bond motifs is 3. The number of nitrogens with zero attached hydrogens (tertiary/aromatic N) is 19. The number of hydrogen-bond acceptors (Lipinski definition) is 29. The molecule has 0 spiro atoms. The van der Waals surface area contributed by atoms with Crippen molar-refractivity contribution in [1.29, 1.82) is 0 Å². The number of amides is 6. The number of alkyl halides is 9. The molecule has 12 rings (SSSR count). The Hall–Kier alpha value is -12.8. The van der Waals surface area contributed by atoms with E-state index in [1.807, 2.05) is 0 Å². The highest BCUT2D eigenvalue weighted by Gasteiger charge is 2.45. The Balaban J connectivity index is 0.000000238. The molecule has 6 amide bonds. The number of Topliss-reactive ketones (excluding diaryl/α,β-unsaturated/α-hetero) is 1. The van der Waals surface area contributed by atoms with Gasteiger partial charge in [0, 0.05) is 62.7 Å². The predicted molar refractivity (Wildman–Crippen MR) is 467 cm³/mol. The fourth-order valence-corrected chi connectivity index (χ4v) is 13.4. The van der Waals surface area contributed by atoms with Crippen molar-refractivity contribution in [2.24, 2.45) is 0 Å². The van der Waals surface area contributed by atoms with Gasteiger partial charge in [-0.1, -0.05) is 33.8 Å². The molecule has 1 saturated carbocycles. The van der Waals surface area contributed by atoms with Crippen LogP contribution in [0.25, 0.3) is 38.8 Å². The molecule has 3 aliphatic rings. The van der Waals surface area contributed by atoms with Gasteiger partial charge in [0.2, 0.25) is 17.6 Å². The molecule has 744 valence electrons. The van der Waals surface area contributed by atoms with E-state index in [2.05, 4.69) is 60.2 Å². The van der Waals surface area contributed by atoms with Crippen LogP contribution in [0, 0.1) is 0 Å². The van der Waals surface area contributed by atoms with Crippen molar-refractivity contribution in [2.75, 3.05) is 27.8 Å². The Bertz CT molecular complexity index is 5800. The van der Waals surface area contributed by atoms with Crippen molar-refractivity contribution in [3.63, 3.8) is 0 Å². The summed E-state index contributed by atoms with van der Waals surface area (Å²) in [6, 6.07) is 2.54. The van der Waals surface area contributed by atoms with E-state index < -0.39 is 182 Å². The molecule has 0 aromatic carbocycles. The first-order valence-electron chi connectivity index (χ1n) is 41.9. The van der Waals surface area contributed by atoms with Crippen LogP contribution in [0.15, 0.2) is 91.7 Å². The lowest BCUT2D eigenvalue weighted by atomic mass is 9.94. The highest BCUT2D eigenvalue weighted by atomic mass is 32.3. The van der Waals surface area contributed by atoms with E-state index in [0.29, 0.717) is 88.6 Å². The Labute approximate surface area is 773 Å². The Morgan fingerprint density at radius 3 is 1.02 bits per heavy atom. The van der Waals surface area contributed by atoms with E-state index in [9.17, 15) is 89.1 Å². The normalized spacial score (nSPS) is 15.5. The van der Waals surface area contributed by atoms with Gasteiger partial charge in [-0.05, 0) is 194 Å². The Kier molecular flexibility index (Phi) is 34.0. The number of pyridine rings is 3. The second kappa shape index (κ2) is 42.6. The number of ether oxygens (including phenoxy) is 9. The van der Waals surface area contributed by atoms with E-state index in [4.69, 9.17) is 42.6 Å². The van der Waals surface area contributed by atoms with Crippen LogP contribution in [0.4, 0.5) is 106 Å². The van der Waals surface area contributed by atoms with Gasteiger partial charge in [-0.2, -0.15) is 58.5 Å². The van der Waals surface area contributed by atoms with Gasteiger partial charge in [0.05, 0.1) is 22.4 Å². The van der Waals surface area contributed by atoms with Crippen LogP contribution in [-0.4, -0.2) is 168 Å². The monoisotopic (exact) mass is 1960 g/mol. The number of halogens is 14. The zero-order valence-corrected chi connectivity index (χ0v) is 77.9. The van der Waals surface area contributed by atoms with Crippen molar-refractivity contribution in [3.8, 4) is 35.3 Å². The van der Waals surface area contributed by atoms with Crippen LogP contribution < -0.4 is 28.9 Å². The number of anilines is 3. The number of imide groups is 3. The summed E-state index contributed by atoms with van der Waals surface area (Å²) in [5.74, 6) is -5.05. The second-order valence-corrected chi connectivity index (χ2v) is 37.3. The van der Waals surface area contributed by atoms with Gasteiger partial charge < -0.3 is 42.6 Å². The van der Waals surface area contributed by atoms with E-state index in [-0.39, 0.29) is 96.1 Å². The van der Waals surface area contributed by atoms with Crippen molar-refractivity contribution < 1.29 is 136 Å². The molecule has 0 N–H and O–H groups in total. The standard InChI is InChI=1S/2C27H30F4N6O5.C27H31F3N6O6.C4H10F3NS.CH4/c2*1-25(2,3)41-23(38)36(24(39)42-26(4,5)6)20-19-21(34-14-33-20)37(17-10-8-7-9-16(17)28)35-22(19)40-18-13-15(11-12-32-18)27(29,30)31;1-25(2,3)41-23(38)35(24(39)42-26(4,5)6)20-19-21(33-14-32-20)36(16-9-7-8-10-17(16)37)34-22(19)40-18-13-15(11-12-31-18)27(28,29)30;1-3-8(4-2)9(5,6)7;/h11-14H,7-10H2,1-6H3;9,11-14,17H,7-8,10H2,1-6H3;11-14,16H,7-10H2,1-6H3;3-4H2,1-2H3;1H4. The third kappa shape index (κ3) is 28.9. The fraction of sp³-hybridized carbons (Fsp3) is 0.523. The minimum absolute atomic E-state index is 0. The largest absolute Gasteiger partial charge is 0.443 e. The molecule has 2 unspecified atom stereocenters. The van der Waals surface area contributed by atoms with Crippen LogP contribution in [0.5, 0.6) is 35.3 Å². The van der Waals surface area contributed by atoms with Gasteiger partial charge in [-0.15, -0.1) is 27.0 Å². The van der Waals surface area contributed by atoms with E-state index in [1.165, 1.54) is 29.3 Å². The van der Waals surface area contributed by atoms with Crippen LogP contribution in [0.2, 0.25) is 0 Å². The van der Waals surface area contributed by atoms with Gasteiger partial charge in [0.15, 0.2) is 40.2 Å². The maximum absolute atomic E-state index is 15.0. The van der Waals surface area contributed by atoms with E-state index in [0.717, 1.165) is 60.5 Å². The minimum atomic E-state index is -4.93. The second-order valence-electron chi connectivity index (χ2n) is 36.1. The first-order valence-corrected chi connectivity index (χ1v) is 43.2. The van der Waals surface area contributed by atoms with Gasteiger partial charge in [-0.25, -0.2) is 96.4 Å². The molecule has 0 saturated heterocycles. The molecule has 9 heterocycles. The number of rotatable bonds is 15. The quantitative estimate of drug-likeness (QED) is 0.0679. The first kappa shape index (κ1) is 109. The Morgan fingerprint density at radius 2 is 0.721 bits per heavy atom. The van der Waals surface area contributed by atoms with Crippen molar-refractivity contribution in [1.82, 2.24) is 78.5 Å². The summed E-state index contributed by atoms with van der Waals surface area (Å²) in [6.07, 6.45) is -8.68. The number of allylic oxidation sites excluding steroid dienone is 4. The summed E-state index contributed by atoms with van der Waals surface area (Å²) >= 11 is -4.93. The molecule has 0 bridgehead atoms. The van der Waals surface area contributed by atoms with Crippen molar-refractivity contribution >= 4 is 110 Å². The summed E-state index contributed by atoms with van der Waals surface area (Å²) in [5.41, 5.74) is -9.39. The zero-order valence-electron chi connectivity index (χ0n) is 77.1. The molecular formula is C86H105F14N19O16S. The maximum atomic E-state index is 15.0. The first-order chi connectivity index (χ1) is 62.3. The summed E-state index contributed by atoms with van der Waals surface area (Å²) in [5, 5.41) is 12.5.